The predicted octanol–water partition coefficient (Wildman–Crippen LogP) is 1.54. The van der Waals surface area contributed by atoms with E-state index in [0.29, 0.717) is 12.1 Å². The number of aliphatic carboxylic acids is 1. The van der Waals surface area contributed by atoms with E-state index in [1.807, 2.05) is 24.3 Å². The first kappa shape index (κ1) is 18.8. The number of carboxylic acids is 1. The second-order valence-electron chi connectivity index (χ2n) is 6.52. The summed E-state index contributed by atoms with van der Waals surface area (Å²) in [5.41, 5.74) is 0.572. The zero-order valence-corrected chi connectivity index (χ0v) is 15.1. The number of amides is 1. The van der Waals surface area contributed by atoms with Gasteiger partial charge in [-0.05, 0) is 17.7 Å². The van der Waals surface area contributed by atoms with Crippen LogP contribution in [0.5, 0.6) is 0 Å². The van der Waals surface area contributed by atoms with Crippen molar-refractivity contribution in [3.63, 3.8) is 0 Å². The Morgan fingerprint density at radius 3 is 2.37 bits per heavy atom. The summed E-state index contributed by atoms with van der Waals surface area (Å²) in [7, 11) is 0. The lowest BCUT2D eigenvalue weighted by Crippen LogP contribution is -2.47. The molecule has 2 heterocycles. The zero-order chi connectivity index (χ0) is 19.1. The maximum atomic E-state index is 12.2. The van der Waals surface area contributed by atoms with Crippen LogP contribution >= 0.6 is 0 Å². The maximum absolute atomic E-state index is 12.2. The van der Waals surface area contributed by atoms with Crippen molar-refractivity contribution < 1.29 is 14.7 Å². The van der Waals surface area contributed by atoms with Gasteiger partial charge in [0.15, 0.2) is 6.04 Å². The van der Waals surface area contributed by atoms with E-state index in [-0.39, 0.29) is 12.3 Å². The number of pyridine rings is 1. The van der Waals surface area contributed by atoms with Gasteiger partial charge in [0, 0.05) is 45.3 Å². The molecule has 0 bridgehead atoms. The Bertz CT molecular complexity index is 746. The molecule has 1 aromatic heterocycles. The number of carbonyl (C=O) groups excluding carboxylic acids is 1. The lowest BCUT2D eigenvalue weighted by molar-refractivity contribution is -0.142. The second kappa shape index (κ2) is 9.14. The summed E-state index contributed by atoms with van der Waals surface area (Å²) in [6.45, 7) is 4.04. The van der Waals surface area contributed by atoms with Crippen LogP contribution in [0.1, 0.15) is 18.0 Å². The van der Waals surface area contributed by atoms with Gasteiger partial charge >= 0.3 is 5.97 Å². The molecule has 2 aromatic rings. The second-order valence-corrected chi connectivity index (χ2v) is 6.52. The fourth-order valence-electron chi connectivity index (χ4n) is 3.17. The number of piperazine rings is 1. The molecule has 1 aromatic carbocycles. The molecule has 0 radical (unpaired) electrons. The summed E-state index contributed by atoms with van der Waals surface area (Å²) in [6, 6.07) is 13.6. The third-order valence-electron chi connectivity index (χ3n) is 4.69. The Labute approximate surface area is 158 Å². The monoisotopic (exact) mass is 368 g/mol. The minimum atomic E-state index is -1.06. The van der Waals surface area contributed by atoms with Crippen LogP contribution in [0, 0.1) is 0 Å². The van der Waals surface area contributed by atoms with Crippen LogP contribution in [0.2, 0.25) is 0 Å². The first-order valence-corrected chi connectivity index (χ1v) is 9.09. The first-order valence-electron chi connectivity index (χ1n) is 9.09. The third-order valence-corrected chi connectivity index (χ3v) is 4.69. The van der Waals surface area contributed by atoms with Gasteiger partial charge in [-0.1, -0.05) is 36.4 Å². The number of anilines is 1. The molecule has 1 saturated heterocycles. The third kappa shape index (κ3) is 5.27. The van der Waals surface area contributed by atoms with Gasteiger partial charge in [-0.25, -0.2) is 9.78 Å². The Balaban J connectivity index is 1.45. The van der Waals surface area contributed by atoms with Crippen molar-refractivity contribution in [2.24, 2.45) is 0 Å². The van der Waals surface area contributed by atoms with Crippen LogP contribution in [0.15, 0.2) is 54.7 Å². The number of nitrogens with zero attached hydrogens (tertiary/aromatic N) is 3. The highest BCUT2D eigenvalue weighted by molar-refractivity contribution is 5.84. The number of hydrogen-bond acceptors (Lipinski definition) is 5. The maximum Gasteiger partial charge on any atom is 0.330 e. The molecule has 1 aliphatic rings. The van der Waals surface area contributed by atoms with Crippen LogP contribution in [0.3, 0.4) is 0 Å². The summed E-state index contributed by atoms with van der Waals surface area (Å²) in [4.78, 5) is 32.5. The van der Waals surface area contributed by atoms with E-state index in [0.717, 1.165) is 32.0 Å². The normalized spacial score (nSPS) is 15.9. The van der Waals surface area contributed by atoms with Crippen LogP contribution in [0.4, 0.5) is 5.82 Å². The number of nitrogens with one attached hydrogen (secondary N) is 1. The number of hydrogen-bond donors (Lipinski definition) is 2. The fourth-order valence-corrected chi connectivity index (χ4v) is 3.17. The minimum Gasteiger partial charge on any atom is -0.479 e. The van der Waals surface area contributed by atoms with E-state index in [4.69, 9.17) is 0 Å². The van der Waals surface area contributed by atoms with E-state index in [1.165, 1.54) is 0 Å². The standard InChI is InChI=1S/C20H24N4O3/c25-18(22-19(20(26)27)16-6-2-1-3-7-16)9-11-23-12-14-24(15-13-23)17-8-4-5-10-21-17/h1-8,10,19H,9,11-15H2,(H,22,25)(H,26,27)/t19-/m1/s1. The average molecular weight is 368 g/mol. The van der Waals surface area contributed by atoms with Crippen LogP contribution < -0.4 is 10.2 Å². The summed E-state index contributed by atoms with van der Waals surface area (Å²) >= 11 is 0. The summed E-state index contributed by atoms with van der Waals surface area (Å²) < 4.78 is 0. The molecule has 7 heteroatoms. The van der Waals surface area contributed by atoms with E-state index < -0.39 is 12.0 Å². The van der Waals surface area contributed by atoms with Crippen LogP contribution in [0.25, 0.3) is 0 Å². The minimum absolute atomic E-state index is 0.251. The molecular weight excluding hydrogens is 344 g/mol. The average Bonchev–Trinajstić information content (AvgIpc) is 2.72. The highest BCUT2D eigenvalue weighted by Crippen LogP contribution is 2.14. The van der Waals surface area contributed by atoms with Gasteiger partial charge in [0.1, 0.15) is 5.82 Å². The first-order chi connectivity index (χ1) is 13.1. The highest BCUT2D eigenvalue weighted by atomic mass is 16.4. The molecule has 27 heavy (non-hydrogen) atoms. The lowest BCUT2D eigenvalue weighted by atomic mass is 10.1. The number of rotatable bonds is 7. The lowest BCUT2D eigenvalue weighted by Gasteiger charge is -2.35. The van der Waals surface area contributed by atoms with E-state index >= 15 is 0 Å². The number of carbonyl (C=O) groups is 2. The largest absolute Gasteiger partial charge is 0.479 e. The van der Waals surface area contributed by atoms with Gasteiger partial charge in [0.05, 0.1) is 0 Å². The summed E-state index contributed by atoms with van der Waals surface area (Å²) in [5.74, 6) is -0.334. The number of benzene rings is 1. The molecule has 0 aliphatic carbocycles. The SMILES string of the molecule is O=C(CCN1CCN(c2ccccn2)CC1)N[C@@H](C(=O)O)c1ccccc1. The van der Waals surface area contributed by atoms with E-state index in [1.54, 1.807) is 30.5 Å². The smallest absolute Gasteiger partial charge is 0.330 e. The number of carboxylic acid groups (broad SMARTS) is 1. The van der Waals surface area contributed by atoms with Crippen molar-refractivity contribution in [3.05, 3.63) is 60.3 Å². The Morgan fingerprint density at radius 1 is 1.04 bits per heavy atom. The number of aromatic nitrogens is 1. The van der Waals surface area contributed by atoms with Crippen LogP contribution in [-0.2, 0) is 9.59 Å². The van der Waals surface area contributed by atoms with Gasteiger partial charge in [-0.3, -0.25) is 9.69 Å². The predicted molar refractivity (Wildman–Crippen MR) is 102 cm³/mol. The molecule has 2 N–H and O–H groups in total. The topological polar surface area (TPSA) is 85.8 Å². The Kier molecular flexibility index (Phi) is 6.38. The molecule has 1 fully saturated rings. The van der Waals surface area contributed by atoms with Gasteiger partial charge < -0.3 is 15.3 Å². The van der Waals surface area contributed by atoms with Gasteiger partial charge in [-0.2, -0.15) is 0 Å². The molecule has 3 rings (SSSR count). The van der Waals surface area contributed by atoms with E-state index in [2.05, 4.69) is 20.1 Å². The van der Waals surface area contributed by atoms with Gasteiger partial charge in [0.25, 0.3) is 0 Å². The highest BCUT2D eigenvalue weighted by Gasteiger charge is 2.23. The summed E-state index contributed by atoms with van der Waals surface area (Å²) in [6.07, 6.45) is 2.07. The molecule has 142 valence electrons. The fraction of sp³-hybridized carbons (Fsp3) is 0.350. The Morgan fingerprint density at radius 2 is 1.74 bits per heavy atom. The molecule has 0 spiro atoms. The molecule has 1 aliphatic heterocycles. The van der Waals surface area contributed by atoms with Gasteiger partial charge in [0.2, 0.25) is 5.91 Å². The van der Waals surface area contributed by atoms with Crippen molar-refractivity contribution >= 4 is 17.7 Å². The molecule has 1 amide bonds. The van der Waals surface area contributed by atoms with Crippen molar-refractivity contribution in [1.29, 1.82) is 0 Å². The van der Waals surface area contributed by atoms with Crippen LogP contribution in [-0.4, -0.2) is 59.6 Å². The van der Waals surface area contributed by atoms with Crippen molar-refractivity contribution in [2.45, 2.75) is 12.5 Å². The van der Waals surface area contributed by atoms with E-state index in [9.17, 15) is 14.7 Å². The van der Waals surface area contributed by atoms with Gasteiger partial charge in [-0.15, -0.1) is 0 Å². The molecule has 7 nitrogen and oxygen atoms in total. The molecule has 0 unspecified atom stereocenters. The quantitative estimate of drug-likeness (QED) is 0.771. The summed E-state index contributed by atoms with van der Waals surface area (Å²) in [5, 5.41) is 12.0. The van der Waals surface area contributed by atoms with Crippen molar-refractivity contribution in [1.82, 2.24) is 15.2 Å². The molecule has 0 saturated carbocycles. The molecular formula is C20H24N4O3. The Hall–Kier alpha value is -2.93. The molecule has 1 atom stereocenters. The van der Waals surface area contributed by atoms with Crippen molar-refractivity contribution in [3.8, 4) is 0 Å². The van der Waals surface area contributed by atoms with Crippen molar-refractivity contribution in [2.75, 3.05) is 37.6 Å². The zero-order valence-electron chi connectivity index (χ0n) is 15.1.